The Balaban J connectivity index is 2.03. The van der Waals surface area contributed by atoms with E-state index in [1.807, 2.05) is 66.4 Å². The van der Waals surface area contributed by atoms with E-state index in [2.05, 4.69) is 12.1 Å². The van der Waals surface area contributed by atoms with Gasteiger partial charge in [0.2, 0.25) is 0 Å². The number of carbonyl (C=O) groups excluding carboxylic acids is 1. The van der Waals surface area contributed by atoms with Gasteiger partial charge >= 0.3 is 0 Å². The maximum absolute atomic E-state index is 12.2. The van der Waals surface area contributed by atoms with E-state index in [0.29, 0.717) is 0 Å². The summed E-state index contributed by atoms with van der Waals surface area (Å²) in [4.78, 5) is 14.1. The third-order valence-corrected chi connectivity index (χ3v) is 3.48. The maximum atomic E-state index is 12.2. The summed E-state index contributed by atoms with van der Waals surface area (Å²) >= 11 is 0. The zero-order valence-corrected chi connectivity index (χ0v) is 10.8. The van der Waals surface area contributed by atoms with E-state index in [0.717, 1.165) is 16.8 Å². The predicted octanol–water partition coefficient (Wildman–Crippen LogP) is 3.72. The van der Waals surface area contributed by atoms with Gasteiger partial charge in [0, 0.05) is 11.3 Å². The van der Waals surface area contributed by atoms with Gasteiger partial charge in [0.1, 0.15) is 0 Å². The molecule has 1 aliphatic rings. The van der Waals surface area contributed by atoms with Gasteiger partial charge in [0.15, 0.2) is 0 Å². The number of benzene rings is 2. The van der Waals surface area contributed by atoms with Crippen molar-refractivity contribution in [1.29, 1.82) is 0 Å². The van der Waals surface area contributed by atoms with Crippen LogP contribution in [0, 0.1) is 0 Å². The Bertz CT molecular complexity index is 616. The largest absolute Gasteiger partial charge is 0.297 e. The standard InChI is InChI=1S/C17H15NO/c1-2-15-16(13-9-5-3-6-10-13)18(17(15)19)14-11-7-4-8-12-14/h2-12,16H,1H3/b15-2+. The van der Waals surface area contributed by atoms with E-state index in [4.69, 9.17) is 0 Å². The van der Waals surface area contributed by atoms with E-state index in [-0.39, 0.29) is 11.9 Å². The number of rotatable bonds is 2. The topological polar surface area (TPSA) is 20.3 Å². The summed E-state index contributed by atoms with van der Waals surface area (Å²) in [6, 6.07) is 20.0. The van der Waals surface area contributed by atoms with Crippen LogP contribution in [0.5, 0.6) is 0 Å². The molecule has 1 heterocycles. The quantitative estimate of drug-likeness (QED) is 0.586. The summed E-state index contributed by atoms with van der Waals surface area (Å²) in [6.07, 6.45) is 1.92. The SMILES string of the molecule is C/C=C1/C(=O)N(c2ccccc2)C1c1ccccc1. The molecular weight excluding hydrogens is 234 g/mol. The number of allylic oxidation sites excluding steroid dienone is 1. The molecule has 3 rings (SSSR count). The number of nitrogens with zero attached hydrogens (tertiary/aromatic N) is 1. The molecule has 2 aromatic carbocycles. The van der Waals surface area contributed by atoms with Crippen LogP contribution >= 0.6 is 0 Å². The highest BCUT2D eigenvalue weighted by Gasteiger charge is 2.43. The maximum Gasteiger partial charge on any atom is 0.257 e. The third kappa shape index (κ3) is 1.85. The normalized spacial score (nSPS) is 20.5. The van der Waals surface area contributed by atoms with Gasteiger partial charge in [0.25, 0.3) is 5.91 Å². The molecule has 2 heteroatoms. The second-order valence-electron chi connectivity index (χ2n) is 4.57. The predicted molar refractivity (Wildman–Crippen MR) is 76.9 cm³/mol. The van der Waals surface area contributed by atoms with Crippen molar-refractivity contribution in [2.75, 3.05) is 4.90 Å². The van der Waals surface area contributed by atoms with Crippen LogP contribution in [0.25, 0.3) is 0 Å². The highest BCUT2D eigenvalue weighted by molar-refractivity contribution is 6.15. The van der Waals surface area contributed by atoms with E-state index in [1.165, 1.54) is 0 Å². The molecule has 2 nitrogen and oxygen atoms in total. The number of anilines is 1. The van der Waals surface area contributed by atoms with Gasteiger partial charge in [-0.25, -0.2) is 0 Å². The lowest BCUT2D eigenvalue weighted by atomic mass is 9.87. The first kappa shape index (κ1) is 11.7. The molecule has 1 fully saturated rings. The molecule has 1 atom stereocenters. The van der Waals surface area contributed by atoms with Crippen molar-refractivity contribution in [2.45, 2.75) is 13.0 Å². The summed E-state index contributed by atoms with van der Waals surface area (Å²) in [5.41, 5.74) is 2.97. The van der Waals surface area contributed by atoms with Crippen LogP contribution in [0.3, 0.4) is 0 Å². The average molecular weight is 249 g/mol. The fourth-order valence-corrected chi connectivity index (χ4v) is 2.55. The third-order valence-electron chi connectivity index (χ3n) is 3.48. The summed E-state index contributed by atoms with van der Waals surface area (Å²) < 4.78 is 0. The second kappa shape index (κ2) is 4.73. The van der Waals surface area contributed by atoms with Crippen LogP contribution in [-0.2, 0) is 4.79 Å². The summed E-state index contributed by atoms with van der Waals surface area (Å²) in [5.74, 6) is 0.0996. The van der Waals surface area contributed by atoms with Gasteiger partial charge in [-0.3, -0.25) is 9.69 Å². The van der Waals surface area contributed by atoms with Crippen molar-refractivity contribution in [1.82, 2.24) is 0 Å². The van der Waals surface area contributed by atoms with Gasteiger partial charge in [-0.2, -0.15) is 0 Å². The van der Waals surface area contributed by atoms with Gasteiger partial charge < -0.3 is 0 Å². The molecule has 0 radical (unpaired) electrons. The number of carbonyl (C=O) groups is 1. The van der Waals surface area contributed by atoms with Crippen molar-refractivity contribution in [3.63, 3.8) is 0 Å². The molecule has 0 aliphatic carbocycles. The Kier molecular flexibility index (Phi) is 2.92. The Morgan fingerprint density at radius 3 is 2.11 bits per heavy atom. The number of hydrogen-bond acceptors (Lipinski definition) is 1. The molecule has 94 valence electrons. The van der Waals surface area contributed by atoms with Crippen molar-refractivity contribution in [3.05, 3.63) is 77.9 Å². The van der Waals surface area contributed by atoms with Crippen LogP contribution in [0.15, 0.2) is 72.3 Å². The molecule has 1 aliphatic heterocycles. The molecular formula is C17H15NO. The highest BCUT2D eigenvalue weighted by Crippen LogP contribution is 2.42. The lowest BCUT2D eigenvalue weighted by molar-refractivity contribution is -0.119. The van der Waals surface area contributed by atoms with Crippen LogP contribution in [0.2, 0.25) is 0 Å². The Morgan fingerprint density at radius 2 is 1.53 bits per heavy atom. The first-order valence-corrected chi connectivity index (χ1v) is 6.42. The minimum Gasteiger partial charge on any atom is -0.297 e. The van der Waals surface area contributed by atoms with Crippen molar-refractivity contribution >= 4 is 11.6 Å². The second-order valence-corrected chi connectivity index (χ2v) is 4.57. The molecule has 0 aromatic heterocycles. The molecule has 0 bridgehead atoms. The molecule has 2 aromatic rings. The van der Waals surface area contributed by atoms with Crippen LogP contribution < -0.4 is 4.90 Å². The van der Waals surface area contributed by atoms with Gasteiger partial charge in [-0.05, 0) is 24.6 Å². The Hall–Kier alpha value is -2.35. The van der Waals surface area contributed by atoms with Crippen molar-refractivity contribution in [3.8, 4) is 0 Å². The molecule has 1 unspecified atom stereocenters. The number of β-lactam (4-membered cyclic amide) rings is 1. The van der Waals surface area contributed by atoms with Gasteiger partial charge in [0.05, 0.1) is 6.04 Å². The van der Waals surface area contributed by atoms with E-state index >= 15 is 0 Å². The summed E-state index contributed by atoms with van der Waals surface area (Å²) in [7, 11) is 0. The number of hydrogen-bond donors (Lipinski definition) is 0. The number of para-hydroxylation sites is 1. The minimum absolute atomic E-state index is 0.0427. The Labute approximate surface area is 113 Å². The molecule has 0 saturated carbocycles. The first-order chi connectivity index (χ1) is 9.33. The zero-order valence-electron chi connectivity index (χ0n) is 10.8. The van der Waals surface area contributed by atoms with E-state index < -0.39 is 0 Å². The van der Waals surface area contributed by atoms with Crippen LogP contribution in [0.1, 0.15) is 18.5 Å². The zero-order chi connectivity index (χ0) is 13.2. The lowest BCUT2D eigenvalue weighted by Gasteiger charge is -2.43. The average Bonchev–Trinajstić information content (AvgIpc) is 2.47. The van der Waals surface area contributed by atoms with E-state index in [1.54, 1.807) is 0 Å². The molecule has 0 spiro atoms. The van der Waals surface area contributed by atoms with Crippen molar-refractivity contribution in [2.24, 2.45) is 0 Å². The minimum atomic E-state index is 0.0427. The number of amides is 1. The monoisotopic (exact) mass is 249 g/mol. The molecule has 19 heavy (non-hydrogen) atoms. The molecule has 0 N–H and O–H groups in total. The molecule has 1 saturated heterocycles. The highest BCUT2D eigenvalue weighted by atomic mass is 16.2. The fourth-order valence-electron chi connectivity index (χ4n) is 2.55. The fraction of sp³-hybridized carbons (Fsp3) is 0.118. The van der Waals surface area contributed by atoms with Gasteiger partial charge in [-0.15, -0.1) is 0 Å². The Morgan fingerprint density at radius 1 is 0.947 bits per heavy atom. The molecule has 1 amide bonds. The first-order valence-electron chi connectivity index (χ1n) is 6.42. The smallest absolute Gasteiger partial charge is 0.257 e. The summed E-state index contributed by atoms with van der Waals surface area (Å²) in [5, 5.41) is 0. The van der Waals surface area contributed by atoms with Gasteiger partial charge in [-0.1, -0.05) is 54.6 Å². The van der Waals surface area contributed by atoms with Crippen LogP contribution in [0.4, 0.5) is 5.69 Å². The lowest BCUT2D eigenvalue weighted by Crippen LogP contribution is -2.49. The summed E-state index contributed by atoms with van der Waals surface area (Å²) in [6.45, 7) is 1.92. The van der Waals surface area contributed by atoms with Crippen molar-refractivity contribution < 1.29 is 4.79 Å². The van der Waals surface area contributed by atoms with E-state index in [9.17, 15) is 4.79 Å². The van der Waals surface area contributed by atoms with Crippen LogP contribution in [-0.4, -0.2) is 5.91 Å².